The Kier molecular flexibility index (Phi) is 4.88. The summed E-state index contributed by atoms with van der Waals surface area (Å²) in [5, 5.41) is 12.4. The lowest BCUT2D eigenvalue weighted by Crippen LogP contribution is -2.45. The summed E-state index contributed by atoms with van der Waals surface area (Å²) in [6.07, 6.45) is 2.72. The number of rotatable bonds is 8. The van der Waals surface area contributed by atoms with Crippen molar-refractivity contribution in [3.05, 3.63) is 0 Å². The van der Waals surface area contributed by atoms with Gasteiger partial charge in [-0.3, -0.25) is 9.59 Å². The number of sulfone groups is 1. The van der Waals surface area contributed by atoms with Crippen molar-refractivity contribution in [2.45, 2.75) is 31.7 Å². The first kappa shape index (κ1) is 16.2. The summed E-state index contributed by atoms with van der Waals surface area (Å²) < 4.78 is 23.4. The minimum atomic E-state index is -3.33. The summed E-state index contributed by atoms with van der Waals surface area (Å²) in [6, 6.07) is -0.132. The average Bonchev–Trinajstić information content (AvgIpc) is 2.96. The Morgan fingerprint density at radius 2 is 1.86 bits per heavy atom. The Morgan fingerprint density at radius 1 is 1.19 bits per heavy atom. The van der Waals surface area contributed by atoms with E-state index in [0.717, 1.165) is 19.3 Å². The number of hydrogen-bond donors (Lipinski definition) is 3. The van der Waals surface area contributed by atoms with E-state index in [1.54, 1.807) is 0 Å². The molecule has 120 valence electrons. The summed E-state index contributed by atoms with van der Waals surface area (Å²) >= 11 is 0. The maximum absolute atomic E-state index is 11.7. The van der Waals surface area contributed by atoms with Crippen LogP contribution in [0.5, 0.6) is 0 Å². The second kappa shape index (κ2) is 6.31. The van der Waals surface area contributed by atoms with Crippen LogP contribution in [0.15, 0.2) is 0 Å². The summed E-state index contributed by atoms with van der Waals surface area (Å²) in [6.45, 7) is 0.221. The predicted molar refractivity (Wildman–Crippen MR) is 76.2 cm³/mol. The molecule has 1 amide bonds. The number of fused-ring (bicyclic) bond motifs is 2. The molecular formula is C13H22N2O5S. The lowest BCUT2D eigenvalue weighted by molar-refractivity contribution is -0.144. The monoisotopic (exact) mass is 318 g/mol. The topological polar surface area (TPSA) is 127 Å². The van der Waals surface area contributed by atoms with E-state index in [0.29, 0.717) is 5.92 Å². The summed E-state index contributed by atoms with van der Waals surface area (Å²) in [5.41, 5.74) is 4.94. The Hall–Kier alpha value is -1.15. The van der Waals surface area contributed by atoms with Crippen molar-refractivity contribution >= 4 is 21.7 Å². The number of carboxylic acid groups (broad SMARTS) is 1. The molecule has 2 saturated carbocycles. The van der Waals surface area contributed by atoms with E-state index >= 15 is 0 Å². The van der Waals surface area contributed by atoms with Gasteiger partial charge in [0.15, 0.2) is 9.84 Å². The average molecular weight is 318 g/mol. The first-order valence-corrected chi connectivity index (χ1v) is 9.07. The van der Waals surface area contributed by atoms with Gasteiger partial charge in [0, 0.05) is 19.0 Å². The lowest BCUT2D eigenvalue weighted by Gasteiger charge is -2.29. The Morgan fingerprint density at radius 3 is 2.48 bits per heavy atom. The fourth-order valence-electron chi connectivity index (χ4n) is 3.68. The van der Waals surface area contributed by atoms with Crippen LogP contribution in [0.4, 0.5) is 0 Å². The van der Waals surface area contributed by atoms with E-state index in [1.807, 2.05) is 0 Å². The SMILES string of the molecule is NC(=O)CCS(=O)(=O)CCNC1C2CCC(C2)C1C(=O)O. The molecule has 4 unspecified atom stereocenters. The van der Waals surface area contributed by atoms with Gasteiger partial charge in [0.25, 0.3) is 0 Å². The molecule has 2 aliphatic carbocycles. The number of carboxylic acids is 1. The number of amides is 1. The third-order valence-corrected chi connectivity index (χ3v) is 6.31. The second-order valence-electron chi connectivity index (χ2n) is 6.05. The van der Waals surface area contributed by atoms with Crippen molar-refractivity contribution in [1.29, 1.82) is 0 Å². The molecule has 4 atom stereocenters. The molecule has 2 rings (SSSR count). The van der Waals surface area contributed by atoms with Gasteiger partial charge in [-0.2, -0.15) is 0 Å². The molecule has 2 bridgehead atoms. The third-order valence-electron chi connectivity index (χ3n) is 4.65. The molecule has 2 aliphatic rings. The van der Waals surface area contributed by atoms with Gasteiger partial charge in [-0.05, 0) is 31.1 Å². The van der Waals surface area contributed by atoms with Crippen molar-refractivity contribution in [1.82, 2.24) is 5.32 Å². The maximum atomic E-state index is 11.7. The van der Waals surface area contributed by atoms with Crippen LogP contribution in [-0.2, 0) is 19.4 Å². The fourth-order valence-corrected chi connectivity index (χ4v) is 4.82. The molecule has 0 aliphatic heterocycles. The number of nitrogens with one attached hydrogen (secondary N) is 1. The lowest BCUT2D eigenvalue weighted by atomic mass is 9.84. The highest BCUT2D eigenvalue weighted by Crippen LogP contribution is 2.48. The van der Waals surface area contributed by atoms with Crippen molar-refractivity contribution in [2.24, 2.45) is 23.5 Å². The van der Waals surface area contributed by atoms with E-state index in [9.17, 15) is 23.1 Å². The highest BCUT2D eigenvalue weighted by Gasteiger charge is 2.50. The highest BCUT2D eigenvalue weighted by atomic mass is 32.2. The number of nitrogens with two attached hydrogens (primary N) is 1. The second-order valence-corrected chi connectivity index (χ2v) is 8.35. The Bertz CT molecular complexity index is 519. The zero-order chi connectivity index (χ0) is 15.6. The normalized spacial score (nSPS) is 31.4. The summed E-state index contributed by atoms with van der Waals surface area (Å²) in [4.78, 5) is 21.9. The molecule has 0 aromatic heterocycles. The number of carbonyl (C=O) groups is 2. The van der Waals surface area contributed by atoms with Crippen LogP contribution in [0, 0.1) is 17.8 Å². The quantitative estimate of drug-likeness (QED) is 0.547. The smallest absolute Gasteiger partial charge is 0.308 e. The van der Waals surface area contributed by atoms with Gasteiger partial charge in [0.1, 0.15) is 0 Å². The van der Waals surface area contributed by atoms with Crippen molar-refractivity contribution in [3.63, 3.8) is 0 Å². The molecule has 0 aromatic rings. The van der Waals surface area contributed by atoms with Crippen LogP contribution < -0.4 is 11.1 Å². The summed E-state index contributed by atoms with van der Waals surface area (Å²) in [7, 11) is -3.33. The molecule has 21 heavy (non-hydrogen) atoms. The zero-order valence-electron chi connectivity index (χ0n) is 11.8. The molecule has 2 fully saturated rings. The van der Waals surface area contributed by atoms with Gasteiger partial charge in [-0.25, -0.2) is 8.42 Å². The van der Waals surface area contributed by atoms with Gasteiger partial charge in [-0.15, -0.1) is 0 Å². The van der Waals surface area contributed by atoms with Crippen LogP contribution in [0.3, 0.4) is 0 Å². The first-order chi connectivity index (χ1) is 9.80. The Balaban J connectivity index is 1.83. The van der Waals surface area contributed by atoms with E-state index in [-0.39, 0.29) is 36.4 Å². The first-order valence-electron chi connectivity index (χ1n) is 7.25. The molecular weight excluding hydrogens is 296 g/mol. The molecule has 8 heteroatoms. The fraction of sp³-hybridized carbons (Fsp3) is 0.846. The van der Waals surface area contributed by atoms with Gasteiger partial charge < -0.3 is 16.2 Å². The van der Waals surface area contributed by atoms with Crippen LogP contribution >= 0.6 is 0 Å². The van der Waals surface area contributed by atoms with Crippen LogP contribution in [-0.4, -0.2) is 49.5 Å². The third kappa shape index (κ3) is 3.94. The molecule has 0 spiro atoms. The molecule has 0 radical (unpaired) electrons. The van der Waals surface area contributed by atoms with E-state index < -0.39 is 27.6 Å². The largest absolute Gasteiger partial charge is 0.481 e. The van der Waals surface area contributed by atoms with E-state index in [1.165, 1.54) is 0 Å². The van der Waals surface area contributed by atoms with E-state index in [4.69, 9.17) is 5.73 Å². The number of carbonyl (C=O) groups excluding carboxylic acids is 1. The molecule has 7 nitrogen and oxygen atoms in total. The molecule has 0 saturated heterocycles. The Labute approximate surface area is 124 Å². The van der Waals surface area contributed by atoms with Crippen LogP contribution in [0.25, 0.3) is 0 Å². The van der Waals surface area contributed by atoms with Gasteiger partial charge in [-0.1, -0.05) is 0 Å². The number of primary amides is 1. The van der Waals surface area contributed by atoms with Gasteiger partial charge >= 0.3 is 5.97 Å². The van der Waals surface area contributed by atoms with Crippen LogP contribution in [0.2, 0.25) is 0 Å². The predicted octanol–water partition coefficient (Wildman–Crippen LogP) is -0.634. The van der Waals surface area contributed by atoms with Gasteiger partial charge in [0.05, 0.1) is 17.4 Å². The standard InChI is InChI=1S/C13H22N2O5S/c14-10(16)3-5-21(19,20)6-4-15-12-9-2-1-8(7-9)11(12)13(17)18/h8-9,11-12,15H,1-7H2,(H2,14,16)(H,17,18). The maximum Gasteiger partial charge on any atom is 0.308 e. The van der Waals surface area contributed by atoms with Crippen LogP contribution in [0.1, 0.15) is 25.7 Å². The van der Waals surface area contributed by atoms with Gasteiger partial charge in [0.2, 0.25) is 5.91 Å². The highest BCUT2D eigenvalue weighted by molar-refractivity contribution is 7.91. The molecule has 4 N–H and O–H groups in total. The summed E-state index contributed by atoms with van der Waals surface area (Å²) in [5.74, 6) is -1.62. The molecule has 0 heterocycles. The van der Waals surface area contributed by atoms with Crippen molar-refractivity contribution in [3.8, 4) is 0 Å². The minimum absolute atomic E-state index is 0.0967. The number of aliphatic carboxylic acids is 1. The zero-order valence-corrected chi connectivity index (χ0v) is 12.6. The van der Waals surface area contributed by atoms with Crippen molar-refractivity contribution < 1.29 is 23.1 Å². The van der Waals surface area contributed by atoms with Crippen molar-refractivity contribution in [2.75, 3.05) is 18.1 Å². The number of hydrogen-bond acceptors (Lipinski definition) is 5. The minimum Gasteiger partial charge on any atom is -0.481 e. The van der Waals surface area contributed by atoms with E-state index in [2.05, 4.69) is 5.32 Å². The molecule has 0 aromatic carbocycles.